The molecule has 106 valence electrons. The molecule has 0 aliphatic heterocycles. The maximum absolute atomic E-state index is 12.0. The summed E-state index contributed by atoms with van der Waals surface area (Å²) in [4.78, 5) is 12.0. The Labute approximate surface area is 115 Å². The minimum absolute atomic E-state index is 0.0656. The number of rotatable bonds is 8. The van der Waals surface area contributed by atoms with E-state index in [0.717, 1.165) is 19.3 Å². The Hall–Kier alpha value is -0.220. The van der Waals surface area contributed by atoms with Crippen molar-refractivity contribution < 1.29 is 9.53 Å². The maximum atomic E-state index is 12.0. The highest BCUT2D eigenvalue weighted by Gasteiger charge is 2.45. The van der Waals surface area contributed by atoms with E-state index in [4.69, 9.17) is 4.74 Å². The van der Waals surface area contributed by atoms with E-state index >= 15 is 0 Å². The average Bonchev–Trinajstić information content (AvgIpc) is 2.80. The lowest BCUT2D eigenvalue weighted by molar-refractivity contribution is -0.150. The third kappa shape index (κ3) is 4.16. The smallest absolute Gasteiger partial charge is 0.326 e. The van der Waals surface area contributed by atoms with Gasteiger partial charge < -0.3 is 10.1 Å². The molecule has 0 heterocycles. The molecule has 1 fully saturated rings. The zero-order chi connectivity index (χ0) is 13.4. The van der Waals surface area contributed by atoms with E-state index in [1.807, 2.05) is 25.7 Å². The van der Waals surface area contributed by atoms with Crippen molar-refractivity contribution in [2.45, 2.75) is 63.2 Å². The van der Waals surface area contributed by atoms with Gasteiger partial charge in [0.15, 0.2) is 0 Å². The van der Waals surface area contributed by atoms with Crippen LogP contribution in [0.5, 0.6) is 0 Å². The third-order valence-corrected chi connectivity index (χ3v) is 5.11. The molecule has 2 atom stereocenters. The summed E-state index contributed by atoms with van der Waals surface area (Å²) in [6.45, 7) is 4.57. The number of nitrogens with one attached hydrogen (secondary N) is 1. The highest BCUT2D eigenvalue weighted by molar-refractivity contribution is 7.99. The normalized spacial score (nSPS) is 27.4. The zero-order valence-electron chi connectivity index (χ0n) is 12.0. The molecule has 18 heavy (non-hydrogen) atoms. The van der Waals surface area contributed by atoms with Gasteiger partial charge in [0.25, 0.3) is 0 Å². The molecular weight excluding hydrogens is 246 g/mol. The van der Waals surface area contributed by atoms with E-state index < -0.39 is 5.54 Å². The molecule has 1 aliphatic rings. The Balaban J connectivity index is 2.38. The number of carbonyl (C=O) groups excluding carboxylic acids is 1. The number of thioether (sulfide) groups is 1. The summed E-state index contributed by atoms with van der Waals surface area (Å²) in [5, 5.41) is 3.82. The van der Waals surface area contributed by atoms with E-state index in [0.29, 0.717) is 11.9 Å². The van der Waals surface area contributed by atoms with Crippen LogP contribution in [0.2, 0.25) is 0 Å². The van der Waals surface area contributed by atoms with Gasteiger partial charge in [-0.1, -0.05) is 19.8 Å². The zero-order valence-corrected chi connectivity index (χ0v) is 12.8. The van der Waals surface area contributed by atoms with Crippen LogP contribution in [0.1, 0.15) is 52.4 Å². The lowest BCUT2D eigenvalue weighted by Gasteiger charge is -2.26. The Morgan fingerprint density at radius 1 is 1.44 bits per heavy atom. The molecule has 4 heteroatoms. The second kappa shape index (κ2) is 8.05. The van der Waals surface area contributed by atoms with Crippen molar-refractivity contribution >= 4 is 17.7 Å². The molecule has 1 rings (SSSR count). The second-order valence-corrected chi connectivity index (χ2v) is 6.40. The standard InChI is InChI=1S/C14H27NO2S/c1-4-6-7-10-18-12-8-9-14(11-12,15-3)13(16)17-5-2/h12,15H,4-11H2,1-3H3. The molecule has 0 amide bonds. The summed E-state index contributed by atoms with van der Waals surface area (Å²) in [6, 6.07) is 0. The number of likely N-dealkylation sites (N-methyl/N-ethyl adjacent to an activating group) is 1. The van der Waals surface area contributed by atoms with Gasteiger partial charge in [0.05, 0.1) is 6.61 Å². The Kier molecular flexibility index (Phi) is 7.08. The molecule has 3 nitrogen and oxygen atoms in total. The lowest BCUT2D eigenvalue weighted by atomic mass is 9.98. The van der Waals surface area contributed by atoms with Crippen molar-refractivity contribution in [3.05, 3.63) is 0 Å². The molecule has 0 aromatic rings. The van der Waals surface area contributed by atoms with E-state index in [9.17, 15) is 4.79 Å². The molecule has 1 aliphatic carbocycles. The van der Waals surface area contributed by atoms with E-state index in [1.165, 1.54) is 25.0 Å². The van der Waals surface area contributed by atoms with E-state index in [2.05, 4.69) is 12.2 Å². The molecule has 0 saturated heterocycles. The number of hydrogen-bond donors (Lipinski definition) is 1. The summed E-state index contributed by atoms with van der Waals surface area (Å²) >= 11 is 2.03. The van der Waals surface area contributed by atoms with Crippen LogP contribution in [-0.2, 0) is 9.53 Å². The first-order valence-electron chi connectivity index (χ1n) is 7.16. The second-order valence-electron chi connectivity index (χ2n) is 5.00. The lowest BCUT2D eigenvalue weighted by Crippen LogP contribution is -2.49. The largest absolute Gasteiger partial charge is 0.465 e. The number of carbonyl (C=O) groups is 1. The third-order valence-electron chi connectivity index (χ3n) is 3.72. The van der Waals surface area contributed by atoms with Crippen LogP contribution in [-0.4, -0.2) is 36.2 Å². The van der Waals surface area contributed by atoms with Gasteiger partial charge in [0.1, 0.15) is 5.54 Å². The molecule has 1 N–H and O–H groups in total. The quantitative estimate of drug-likeness (QED) is 0.545. The summed E-state index contributed by atoms with van der Waals surface area (Å²) in [6.07, 6.45) is 6.83. The van der Waals surface area contributed by atoms with Crippen LogP contribution in [0.25, 0.3) is 0 Å². The van der Waals surface area contributed by atoms with Crippen LogP contribution >= 0.6 is 11.8 Å². The van der Waals surface area contributed by atoms with Crippen LogP contribution in [0.15, 0.2) is 0 Å². The van der Waals surface area contributed by atoms with Gasteiger partial charge in [0.2, 0.25) is 0 Å². The van der Waals surface area contributed by atoms with Gasteiger partial charge in [-0.05, 0) is 45.4 Å². The van der Waals surface area contributed by atoms with Crippen LogP contribution in [0.4, 0.5) is 0 Å². The monoisotopic (exact) mass is 273 g/mol. The molecule has 0 bridgehead atoms. The predicted octanol–water partition coefficient (Wildman–Crippen LogP) is 2.98. The van der Waals surface area contributed by atoms with Crippen molar-refractivity contribution in [3.63, 3.8) is 0 Å². The SMILES string of the molecule is CCCCCSC1CCC(NC)(C(=O)OCC)C1. The highest BCUT2D eigenvalue weighted by Crippen LogP contribution is 2.38. The minimum atomic E-state index is -0.418. The molecule has 0 spiro atoms. The molecule has 1 saturated carbocycles. The molecular formula is C14H27NO2S. The first kappa shape index (κ1) is 15.8. The number of ether oxygens (including phenoxy) is 1. The maximum Gasteiger partial charge on any atom is 0.326 e. The van der Waals surface area contributed by atoms with E-state index in [-0.39, 0.29) is 5.97 Å². The van der Waals surface area contributed by atoms with Crippen molar-refractivity contribution in [3.8, 4) is 0 Å². The number of hydrogen-bond acceptors (Lipinski definition) is 4. The van der Waals surface area contributed by atoms with Crippen LogP contribution < -0.4 is 5.32 Å². The van der Waals surface area contributed by atoms with Crippen LogP contribution in [0.3, 0.4) is 0 Å². The van der Waals surface area contributed by atoms with Crippen molar-refractivity contribution in [2.24, 2.45) is 0 Å². The van der Waals surface area contributed by atoms with Crippen LogP contribution in [0, 0.1) is 0 Å². The van der Waals surface area contributed by atoms with Crippen molar-refractivity contribution in [2.75, 3.05) is 19.4 Å². The molecule has 0 aromatic carbocycles. The first-order valence-corrected chi connectivity index (χ1v) is 8.21. The summed E-state index contributed by atoms with van der Waals surface area (Å²) in [5.74, 6) is 1.16. The number of esters is 1. The summed E-state index contributed by atoms with van der Waals surface area (Å²) in [7, 11) is 1.88. The highest BCUT2D eigenvalue weighted by atomic mass is 32.2. The van der Waals surface area contributed by atoms with Gasteiger partial charge in [-0.2, -0.15) is 11.8 Å². The van der Waals surface area contributed by atoms with Crippen molar-refractivity contribution in [1.29, 1.82) is 0 Å². The Morgan fingerprint density at radius 2 is 2.22 bits per heavy atom. The van der Waals surface area contributed by atoms with Gasteiger partial charge in [-0.25, -0.2) is 0 Å². The number of unbranched alkanes of at least 4 members (excludes halogenated alkanes) is 2. The fourth-order valence-corrected chi connectivity index (χ4v) is 3.92. The Morgan fingerprint density at radius 3 is 2.83 bits per heavy atom. The van der Waals surface area contributed by atoms with Crippen molar-refractivity contribution in [1.82, 2.24) is 5.32 Å². The van der Waals surface area contributed by atoms with E-state index in [1.54, 1.807) is 0 Å². The fraction of sp³-hybridized carbons (Fsp3) is 0.929. The Bertz CT molecular complexity index is 260. The molecule has 0 radical (unpaired) electrons. The fourth-order valence-electron chi connectivity index (χ4n) is 2.53. The molecule has 0 aromatic heterocycles. The van der Waals surface area contributed by atoms with Gasteiger partial charge in [-0.3, -0.25) is 4.79 Å². The summed E-state index contributed by atoms with van der Waals surface area (Å²) < 4.78 is 5.20. The van der Waals surface area contributed by atoms with Gasteiger partial charge >= 0.3 is 5.97 Å². The molecule has 2 unspecified atom stereocenters. The summed E-state index contributed by atoms with van der Waals surface area (Å²) in [5.41, 5.74) is -0.418. The minimum Gasteiger partial charge on any atom is -0.465 e. The average molecular weight is 273 g/mol. The predicted molar refractivity (Wildman–Crippen MR) is 78.0 cm³/mol. The topological polar surface area (TPSA) is 38.3 Å². The van der Waals surface area contributed by atoms with Gasteiger partial charge in [0, 0.05) is 5.25 Å². The first-order chi connectivity index (χ1) is 8.68. The van der Waals surface area contributed by atoms with Gasteiger partial charge in [-0.15, -0.1) is 0 Å².